The smallest absolute Gasteiger partial charge is 0.289 e. The maximum Gasteiger partial charge on any atom is 0.289 e. The van der Waals surface area contributed by atoms with Crippen LogP contribution < -0.4 is 4.74 Å². The number of ether oxygens (including phenoxy) is 1. The molecule has 0 radical (unpaired) electrons. The van der Waals surface area contributed by atoms with Crippen LogP contribution in [0.4, 0.5) is 0 Å². The number of nitrogens with zero attached hydrogens (tertiary/aromatic N) is 3. The Morgan fingerprint density at radius 3 is 2.30 bits per heavy atom. The van der Waals surface area contributed by atoms with Crippen molar-refractivity contribution >= 4 is 11.8 Å². The minimum absolute atomic E-state index is 0.0924. The first-order valence-corrected chi connectivity index (χ1v) is 7.31. The number of rotatable bonds is 3. The fourth-order valence-corrected chi connectivity index (χ4v) is 2.48. The summed E-state index contributed by atoms with van der Waals surface area (Å²) in [4.78, 5) is 32.1. The predicted molar refractivity (Wildman–Crippen MR) is 81.3 cm³/mol. The Morgan fingerprint density at radius 2 is 1.78 bits per heavy atom. The predicted octanol–water partition coefficient (Wildman–Crippen LogP) is 1.28. The Morgan fingerprint density at radius 1 is 1.09 bits per heavy atom. The zero-order valence-electron chi connectivity index (χ0n) is 12.8. The molecule has 3 heterocycles. The van der Waals surface area contributed by atoms with Gasteiger partial charge in [0.25, 0.3) is 11.8 Å². The fourth-order valence-electron chi connectivity index (χ4n) is 2.48. The van der Waals surface area contributed by atoms with E-state index in [1.807, 2.05) is 0 Å². The highest BCUT2D eigenvalue weighted by molar-refractivity contribution is 5.94. The van der Waals surface area contributed by atoms with Crippen LogP contribution in [0.15, 0.2) is 41.1 Å². The Bertz CT molecular complexity index is 674. The van der Waals surface area contributed by atoms with Gasteiger partial charge in [-0.2, -0.15) is 0 Å². The normalized spacial score (nSPS) is 14.7. The van der Waals surface area contributed by atoms with Crippen LogP contribution in [0.1, 0.15) is 20.9 Å². The van der Waals surface area contributed by atoms with Crippen molar-refractivity contribution in [2.24, 2.45) is 0 Å². The van der Waals surface area contributed by atoms with E-state index in [1.165, 1.54) is 19.6 Å². The van der Waals surface area contributed by atoms with Crippen molar-refractivity contribution in [1.29, 1.82) is 0 Å². The summed E-state index contributed by atoms with van der Waals surface area (Å²) in [5.41, 5.74) is 0.511. The zero-order valence-corrected chi connectivity index (χ0v) is 12.8. The average Bonchev–Trinajstić information content (AvgIpc) is 3.15. The molecule has 1 aliphatic heterocycles. The molecule has 2 aromatic heterocycles. The van der Waals surface area contributed by atoms with E-state index in [-0.39, 0.29) is 11.8 Å². The van der Waals surface area contributed by atoms with Gasteiger partial charge in [-0.3, -0.25) is 9.59 Å². The van der Waals surface area contributed by atoms with Crippen molar-refractivity contribution in [2.75, 3.05) is 33.3 Å². The lowest BCUT2D eigenvalue weighted by molar-refractivity contribution is 0.0518. The van der Waals surface area contributed by atoms with Crippen molar-refractivity contribution in [3.8, 4) is 5.88 Å². The number of hydrogen-bond acceptors (Lipinski definition) is 5. The van der Waals surface area contributed by atoms with Gasteiger partial charge in [-0.1, -0.05) is 0 Å². The first-order valence-electron chi connectivity index (χ1n) is 7.31. The topological polar surface area (TPSA) is 75.9 Å². The van der Waals surface area contributed by atoms with Gasteiger partial charge < -0.3 is 19.0 Å². The molecule has 1 aliphatic rings. The summed E-state index contributed by atoms with van der Waals surface area (Å²) in [7, 11) is 1.53. The number of aromatic nitrogens is 1. The van der Waals surface area contributed by atoms with Crippen molar-refractivity contribution in [3.63, 3.8) is 0 Å². The molecule has 0 spiro atoms. The number of carbonyl (C=O) groups excluding carboxylic acids is 2. The number of methoxy groups -OCH3 is 1. The van der Waals surface area contributed by atoms with Crippen molar-refractivity contribution in [2.45, 2.75) is 0 Å². The molecule has 3 rings (SSSR count). The van der Waals surface area contributed by atoms with Gasteiger partial charge in [0.15, 0.2) is 5.76 Å². The summed E-state index contributed by atoms with van der Waals surface area (Å²) in [6.07, 6.45) is 2.98. The Hall–Kier alpha value is -2.83. The van der Waals surface area contributed by atoms with E-state index in [0.717, 1.165) is 0 Å². The molecule has 2 aromatic rings. The molecule has 0 atom stereocenters. The summed E-state index contributed by atoms with van der Waals surface area (Å²) >= 11 is 0. The molecule has 23 heavy (non-hydrogen) atoms. The summed E-state index contributed by atoms with van der Waals surface area (Å²) in [6.45, 7) is 1.93. The van der Waals surface area contributed by atoms with Crippen LogP contribution in [-0.4, -0.2) is 59.9 Å². The summed E-state index contributed by atoms with van der Waals surface area (Å²) < 4.78 is 10.1. The molecule has 7 heteroatoms. The van der Waals surface area contributed by atoms with E-state index in [4.69, 9.17) is 9.15 Å². The van der Waals surface area contributed by atoms with Crippen LogP contribution in [0, 0.1) is 0 Å². The number of amides is 2. The Kier molecular flexibility index (Phi) is 4.27. The Labute approximate surface area is 133 Å². The molecular weight excluding hydrogens is 298 g/mol. The monoisotopic (exact) mass is 315 g/mol. The molecule has 7 nitrogen and oxygen atoms in total. The van der Waals surface area contributed by atoms with Crippen LogP contribution in [-0.2, 0) is 0 Å². The molecule has 0 N–H and O–H groups in total. The van der Waals surface area contributed by atoms with Gasteiger partial charge in [-0.05, 0) is 18.2 Å². The van der Waals surface area contributed by atoms with Crippen LogP contribution in [0.25, 0.3) is 0 Å². The minimum atomic E-state index is -0.145. The van der Waals surface area contributed by atoms with Crippen LogP contribution in [0.3, 0.4) is 0 Å². The number of hydrogen-bond donors (Lipinski definition) is 0. The van der Waals surface area contributed by atoms with Crippen molar-refractivity contribution in [3.05, 3.63) is 48.0 Å². The second kappa shape index (κ2) is 6.51. The van der Waals surface area contributed by atoms with Crippen molar-refractivity contribution in [1.82, 2.24) is 14.8 Å². The molecule has 1 fully saturated rings. The van der Waals surface area contributed by atoms with E-state index < -0.39 is 0 Å². The third kappa shape index (κ3) is 3.18. The SMILES string of the molecule is COc1ccc(C(=O)N2CCN(C(=O)c3ccco3)CC2)cn1. The van der Waals surface area contributed by atoms with E-state index >= 15 is 0 Å². The summed E-state index contributed by atoms with van der Waals surface area (Å²) in [5.74, 6) is 0.554. The fraction of sp³-hybridized carbons (Fsp3) is 0.312. The standard InChI is InChI=1S/C16H17N3O4/c1-22-14-5-4-12(11-17-14)15(20)18-6-8-19(9-7-18)16(21)13-3-2-10-23-13/h2-5,10-11H,6-9H2,1H3. The molecule has 120 valence electrons. The lowest BCUT2D eigenvalue weighted by Crippen LogP contribution is -2.50. The average molecular weight is 315 g/mol. The third-order valence-electron chi connectivity index (χ3n) is 3.78. The molecule has 1 saturated heterocycles. The number of furan rings is 1. The molecule has 0 unspecified atom stereocenters. The first-order chi connectivity index (χ1) is 11.2. The zero-order chi connectivity index (χ0) is 16.2. The minimum Gasteiger partial charge on any atom is -0.481 e. The number of carbonyl (C=O) groups is 2. The summed E-state index contributed by atoms with van der Waals surface area (Å²) in [5, 5.41) is 0. The lowest BCUT2D eigenvalue weighted by atomic mass is 10.2. The maximum absolute atomic E-state index is 12.4. The van der Waals surface area contributed by atoms with E-state index in [0.29, 0.717) is 43.4 Å². The molecule has 2 amide bonds. The molecule has 0 aliphatic carbocycles. The number of pyridine rings is 1. The highest BCUT2D eigenvalue weighted by atomic mass is 16.5. The first kappa shape index (κ1) is 15.1. The van der Waals surface area contributed by atoms with Crippen LogP contribution >= 0.6 is 0 Å². The molecule has 0 bridgehead atoms. The third-order valence-corrected chi connectivity index (χ3v) is 3.78. The molecular formula is C16H17N3O4. The largest absolute Gasteiger partial charge is 0.481 e. The van der Waals surface area contributed by atoms with E-state index in [2.05, 4.69) is 4.98 Å². The van der Waals surface area contributed by atoms with E-state index in [1.54, 1.807) is 34.1 Å². The lowest BCUT2D eigenvalue weighted by Gasteiger charge is -2.34. The highest BCUT2D eigenvalue weighted by Gasteiger charge is 2.26. The van der Waals surface area contributed by atoms with Gasteiger partial charge in [0.05, 0.1) is 18.9 Å². The summed E-state index contributed by atoms with van der Waals surface area (Å²) in [6, 6.07) is 6.67. The molecule has 0 saturated carbocycles. The van der Waals surface area contributed by atoms with E-state index in [9.17, 15) is 9.59 Å². The Balaban J connectivity index is 1.59. The van der Waals surface area contributed by atoms with Crippen molar-refractivity contribution < 1.29 is 18.7 Å². The second-order valence-corrected chi connectivity index (χ2v) is 5.15. The quantitative estimate of drug-likeness (QED) is 0.853. The van der Waals surface area contributed by atoms with Gasteiger partial charge in [-0.15, -0.1) is 0 Å². The number of piperazine rings is 1. The van der Waals surface area contributed by atoms with Crippen LogP contribution in [0.5, 0.6) is 5.88 Å². The maximum atomic E-state index is 12.4. The van der Waals surface area contributed by atoms with Gasteiger partial charge in [0.2, 0.25) is 5.88 Å². The molecule has 0 aromatic carbocycles. The van der Waals surface area contributed by atoms with Gasteiger partial charge in [0, 0.05) is 38.4 Å². The van der Waals surface area contributed by atoms with Gasteiger partial charge in [-0.25, -0.2) is 4.98 Å². The second-order valence-electron chi connectivity index (χ2n) is 5.15. The van der Waals surface area contributed by atoms with Gasteiger partial charge >= 0.3 is 0 Å². The van der Waals surface area contributed by atoms with Gasteiger partial charge in [0.1, 0.15) is 0 Å². The highest BCUT2D eigenvalue weighted by Crippen LogP contribution is 2.13. The van der Waals surface area contributed by atoms with Crippen LogP contribution in [0.2, 0.25) is 0 Å².